The van der Waals surface area contributed by atoms with E-state index in [2.05, 4.69) is 20.6 Å². The van der Waals surface area contributed by atoms with Gasteiger partial charge in [-0.3, -0.25) is 0 Å². The van der Waals surface area contributed by atoms with E-state index in [1.165, 1.54) is 6.33 Å². The van der Waals surface area contributed by atoms with Crippen LogP contribution in [-0.2, 0) is 11.3 Å². The maximum Gasteiger partial charge on any atom is 0.340 e. The summed E-state index contributed by atoms with van der Waals surface area (Å²) in [6.45, 7) is 2.58. The number of aromatic nitrogens is 2. The van der Waals surface area contributed by atoms with Crippen molar-refractivity contribution >= 4 is 40.6 Å². The molecule has 0 fully saturated rings. The summed E-state index contributed by atoms with van der Waals surface area (Å²) < 4.78 is 5.09. The van der Waals surface area contributed by atoms with Gasteiger partial charge in [0.2, 0.25) is 0 Å². The molecule has 0 bridgehead atoms. The van der Waals surface area contributed by atoms with Crippen LogP contribution in [0.3, 0.4) is 0 Å². The summed E-state index contributed by atoms with van der Waals surface area (Å²) in [4.78, 5) is 20.5. The second kappa shape index (κ2) is 9.05. The first-order chi connectivity index (χ1) is 13.6. The molecule has 0 unspecified atom stereocenters. The smallest absolute Gasteiger partial charge is 0.340 e. The van der Waals surface area contributed by atoms with Crippen LogP contribution in [0.4, 0.5) is 23.0 Å². The summed E-state index contributed by atoms with van der Waals surface area (Å²) in [6, 6.07) is 14.5. The van der Waals surface area contributed by atoms with Gasteiger partial charge < -0.3 is 21.1 Å². The number of hydrogen-bond acceptors (Lipinski definition) is 7. The molecule has 2 aromatic carbocycles. The van der Waals surface area contributed by atoms with Crippen molar-refractivity contribution in [1.29, 1.82) is 0 Å². The van der Waals surface area contributed by atoms with E-state index < -0.39 is 5.97 Å². The summed E-state index contributed by atoms with van der Waals surface area (Å²) in [5.74, 6) is 0.464. The lowest BCUT2D eigenvalue weighted by molar-refractivity contribution is 0.0527. The number of ether oxygens (including phenoxy) is 1. The van der Waals surface area contributed by atoms with Gasteiger partial charge in [0, 0.05) is 11.6 Å². The molecule has 28 heavy (non-hydrogen) atoms. The minimum Gasteiger partial charge on any atom is -0.462 e. The molecule has 3 rings (SSSR count). The molecule has 1 aromatic heterocycles. The van der Waals surface area contributed by atoms with Crippen molar-refractivity contribution in [3.63, 3.8) is 0 Å². The van der Waals surface area contributed by atoms with Gasteiger partial charge in [0.05, 0.1) is 17.9 Å². The van der Waals surface area contributed by atoms with Crippen LogP contribution in [0.1, 0.15) is 22.8 Å². The highest BCUT2D eigenvalue weighted by molar-refractivity contribution is 6.30. The standard InChI is InChI=1S/C20H20ClN5O2/c1-2-28-20(27)15-5-3-4-6-16(15)26-19-17(22)18(24-12-25-19)23-11-13-7-9-14(21)10-8-13/h3-10,12H,2,11,22H2,1H3,(H2,23,24,25,26). The maximum absolute atomic E-state index is 12.1. The van der Waals surface area contributed by atoms with E-state index in [0.717, 1.165) is 5.56 Å². The molecule has 1 heterocycles. The quantitative estimate of drug-likeness (QED) is 0.512. The SMILES string of the molecule is CCOC(=O)c1ccccc1Nc1ncnc(NCc2ccc(Cl)cc2)c1N. The molecule has 144 valence electrons. The van der Waals surface area contributed by atoms with Crippen LogP contribution in [0.2, 0.25) is 5.02 Å². The number of nitrogens with two attached hydrogens (primary N) is 1. The highest BCUT2D eigenvalue weighted by Crippen LogP contribution is 2.28. The molecule has 0 saturated heterocycles. The topological polar surface area (TPSA) is 102 Å². The third kappa shape index (κ3) is 4.69. The Hall–Kier alpha value is -3.32. The van der Waals surface area contributed by atoms with E-state index in [9.17, 15) is 4.79 Å². The molecule has 3 aromatic rings. The number of benzene rings is 2. The number of carbonyl (C=O) groups is 1. The Balaban J connectivity index is 1.78. The van der Waals surface area contributed by atoms with Crippen LogP contribution in [0.5, 0.6) is 0 Å². The Morgan fingerprint density at radius 3 is 2.57 bits per heavy atom. The number of halogens is 1. The van der Waals surface area contributed by atoms with Crippen molar-refractivity contribution in [2.24, 2.45) is 0 Å². The first-order valence-electron chi connectivity index (χ1n) is 8.70. The fourth-order valence-electron chi connectivity index (χ4n) is 2.53. The molecule has 0 amide bonds. The number of anilines is 4. The molecule has 0 aliphatic carbocycles. The van der Waals surface area contributed by atoms with Crippen molar-refractivity contribution in [2.45, 2.75) is 13.5 Å². The zero-order valence-corrected chi connectivity index (χ0v) is 16.0. The minimum absolute atomic E-state index is 0.293. The van der Waals surface area contributed by atoms with Crippen LogP contribution < -0.4 is 16.4 Å². The molecular weight excluding hydrogens is 378 g/mol. The van der Waals surface area contributed by atoms with Gasteiger partial charge in [-0.2, -0.15) is 0 Å². The summed E-state index contributed by atoms with van der Waals surface area (Å²) in [5.41, 5.74) is 8.54. The Labute approximate surface area is 167 Å². The predicted octanol–water partition coefficient (Wildman–Crippen LogP) is 4.24. The first kappa shape index (κ1) is 19.4. The lowest BCUT2D eigenvalue weighted by Crippen LogP contribution is -2.11. The van der Waals surface area contributed by atoms with E-state index in [1.807, 2.05) is 30.3 Å². The third-order valence-electron chi connectivity index (χ3n) is 3.93. The van der Waals surface area contributed by atoms with Gasteiger partial charge in [0.1, 0.15) is 12.0 Å². The summed E-state index contributed by atoms with van der Waals surface area (Å²) in [5, 5.41) is 6.95. The number of nitrogens with one attached hydrogen (secondary N) is 2. The third-order valence-corrected chi connectivity index (χ3v) is 4.18. The van der Waals surface area contributed by atoms with Crippen LogP contribution in [0.15, 0.2) is 54.9 Å². The lowest BCUT2D eigenvalue weighted by Gasteiger charge is -2.14. The van der Waals surface area contributed by atoms with Gasteiger partial charge >= 0.3 is 5.97 Å². The molecule has 4 N–H and O–H groups in total. The molecule has 0 saturated carbocycles. The number of para-hydroxylation sites is 1. The predicted molar refractivity (Wildman–Crippen MR) is 111 cm³/mol. The van der Waals surface area contributed by atoms with Gasteiger partial charge in [-0.25, -0.2) is 14.8 Å². The number of carbonyl (C=O) groups excluding carboxylic acids is 1. The second-order valence-electron chi connectivity index (χ2n) is 5.86. The molecule has 0 aliphatic rings. The van der Waals surface area contributed by atoms with Crippen molar-refractivity contribution in [3.05, 3.63) is 71.0 Å². The molecule has 0 spiro atoms. The van der Waals surface area contributed by atoms with Crippen molar-refractivity contribution < 1.29 is 9.53 Å². The van der Waals surface area contributed by atoms with Crippen LogP contribution in [0.25, 0.3) is 0 Å². The number of hydrogen-bond donors (Lipinski definition) is 3. The average molecular weight is 398 g/mol. The second-order valence-corrected chi connectivity index (χ2v) is 6.29. The molecule has 0 radical (unpaired) electrons. The summed E-state index contributed by atoms with van der Waals surface area (Å²) in [6.07, 6.45) is 1.40. The van der Waals surface area contributed by atoms with E-state index >= 15 is 0 Å². The molecular formula is C20H20ClN5O2. The highest BCUT2D eigenvalue weighted by atomic mass is 35.5. The lowest BCUT2D eigenvalue weighted by atomic mass is 10.1. The fraction of sp³-hybridized carbons (Fsp3) is 0.150. The van der Waals surface area contributed by atoms with Crippen molar-refractivity contribution in [2.75, 3.05) is 23.0 Å². The van der Waals surface area contributed by atoms with Crippen LogP contribution in [0, 0.1) is 0 Å². The molecule has 8 heteroatoms. The van der Waals surface area contributed by atoms with E-state index in [1.54, 1.807) is 25.1 Å². The van der Waals surface area contributed by atoms with Gasteiger partial charge in [-0.1, -0.05) is 35.9 Å². The maximum atomic E-state index is 12.1. The van der Waals surface area contributed by atoms with E-state index in [-0.39, 0.29) is 0 Å². The Bertz CT molecular complexity index is 963. The number of rotatable bonds is 7. The summed E-state index contributed by atoms with van der Waals surface area (Å²) >= 11 is 5.90. The Morgan fingerprint density at radius 2 is 1.82 bits per heavy atom. The Kier molecular flexibility index (Phi) is 6.29. The fourth-order valence-corrected chi connectivity index (χ4v) is 2.66. The number of esters is 1. The number of nitrogens with zero attached hydrogens (tertiary/aromatic N) is 2. The zero-order valence-electron chi connectivity index (χ0n) is 15.3. The van der Waals surface area contributed by atoms with Crippen LogP contribution >= 0.6 is 11.6 Å². The monoisotopic (exact) mass is 397 g/mol. The first-order valence-corrected chi connectivity index (χ1v) is 9.08. The van der Waals surface area contributed by atoms with Gasteiger partial charge in [0.25, 0.3) is 0 Å². The van der Waals surface area contributed by atoms with E-state index in [4.69, 9.17) is 22.1 Å². The van der Waals surface area contributed by atoms with Crippen molar-refractivity contribution in [3.8, 4) is 0 Å². The number of nitrogen functional groups attached to an aromatic ring is 1. The molecule has 0 atom stereocenters. The van der Waals surface area contributed by atoms with Gasteiger partial charge in [-0.15, -0.1) is 0 Å². The largest absolute Gasteiger partial charge is 0.462 e. The van der Waals surface area contributed by atoms with Gasteiger partial charge in [-0.05, 0) is 36.8 Å². The highest BCUT2D eigenvalue weighted by Gasteiger charge is 2.14. The van der Waals surface area contributed by atoms with Crippen molar-refractivity contribution in [1.82, 2.24) is 9.97 Å². The molecule has 0 aliphatic heterocycles. The summed E-state index contributed by atoms with van der Waals surface area (Å²) in [7, 11) is 0. The minimum atomic E-state index is -0.417. The van der Waals surface area contributed by atoms with E-state index in [0.29, 0.717) is 46.7 Å². The molecule has 7 nitrogen and oxygen atoms in total. The van der Waals surface area contributed by atoms with Crippen LogP contribution in [-0.4, -0.2) is 22.5 Å². The van der Waals surface area contributed by atoms with Gasteiger partial charge in [0.15, 0.2) is 11.6 Å². The zero-order chi connectivity index (χ0) is 19.9. The average Bonchev–Trinajstić information content (AvgIpc) is 2.70. The normalized spacial score (nSPS) is 10.4. The Morgan fingerprint density at radius 1 is 1.11 bits per heavy atom.